The van der Waals surface area contributed by atoms with Crippen molar-refractivity contribution >= 4 is 17.5 Å². The van der Waals surface area contributed by atoms with Crippen molar-refractivity contribution in [2.45, 2.75) is 38.9 Å². The number of rotatable bonds is 4. The lowest BCUT2D eigenvalue weighted by molar-refractivity contribution is -0.136. The Morgan fingerprint density at radius 1 is 1.13 bits per heavy atom. The van der Waals surface area contributed by atoms with Crippen molar-refractivity contribution in [1.82, 2.24) is 9.80 Å². The van der Waals surface area contributed by atoms with Gasteiger partial charge in [0.25, 0.3) is 0 Å². The van der Waals surface area contributed by atoms with Crippen LogP contribution in [0.4, 0.5) is 5.69 Å². The average molecular weight is 407 g/mol. The fraction of sp³-hybridized carbons (Fsp3) is 0.417. The molecule has 0 spiro atoms. The SMILES string of the molecule is CCOC(=O)C1=NN(c2ccc(C)cc2)[C@@]2(C)CC(c3ccccc3)N(C)CCN12. The Balaban J connectivity index is 1.78. The molecule has 2 aromatic carbocycles. The summed E-state index contributed by atoms with van der Waals surface area (Å²) >= 11 is 0. The lowest BCUT2D eigenvalue weighted by atomic mass is 9.94. The first-order chi connectivity index (χ1) is 14.4. The van der Waals surface area contributed by atoms with Crippen molar-refractivity contribution in [1.29, 1.82) is 0 Å². The minimum Gasteiger partial charge on any atom is -0.460 e. The zero-order valence-electron chi connectivity index (χ0n) is 18.2. The maximum atomic E-state index is 12.8. The fourth-order valence-corrected chi connectivity index (χ4v) is 4.49. The quantitative estimate of drug-likeness (QED) is 0.723. The fourth-order valence-electron chi connectivity index (χ4n) is 4.49. The van der Waals surface area contributed by atoms with Gasteiger partial charge in [0.2, 0.25) is 5.84 Å². The van der Waals surface area contributed by atoms with E-state index in [1.807, 2.05) is 18.0 Å². The van der Waals surface area contributed by atoms with Crippen molar-refractivity contribution in [3.05, 3.63) is 65.7 Å². The third-order valence-corrected chi connectivity index (χ3v) is 6.20. The van der Waals surface area contributed by atoms with Gasteiger partial charge in [0.05, 0.1) is 12.3 Å². The van der Waals surface area contributed by atoms with Gasteiger partial charge in [-0.25, -0.2) is 9.80 Å². The highest BCUT2D eigenvalue weighted by Gasteiger charge is 2.51. The number of esters is 1. The van der Waals surface area contributed by atoms with Gasteiger partial charge in [-0.15, -0.1) is 5.10 Å². The summed E-state index contributed by atoms with van der Waals surface area (Å²) in [7, 11) is 2.15. The lowest BCUT2D eigenvalue weighted by Crippen LogP contribution is -2.55. The number of anilines is 1. The van der Waals surface area contributed by atoms with Crippen LogP contribution < -0.4 is 5.01 Å². The summed E-state index contributed by atoms with van der Waals surface area (Å²) in [5.74, 6) is 0.0289. The van der Waals surface area contributed by atoms with Gasteiger partial charge in [0, 0.05) is 25.6 Å². The highest BCUT2D eigenvalue weighted by Crippen LogP contribution is 2.42. The van der Waals surface area contributed by atoms with Crippen molar-refractivity contribution < 1.29 is 9.53 Å². The molecule has 0 N–H and O–H groups in total. The number of carbonyl (C=O) groups excluding carboxylic acids is 1. The number of amidine groups is 1. The molecule has 2 atom stereocenters. The van der Waals surface area contributed by atoms with Crippen molar-refractivity contribution in [2.24, 2.45) is 5.10 Å². The molecule has 0 bridgehead atoms. The summed E-state index contributed by atoms with van der Waals surface area (Å²) in [4.78, 5) is 17.3. The van der Waals surface area contributed by atoms with Gasteiger partial charge in [0.1, 0.15) is 5.66 Å². The Hall–Kier alpha value is -2.86. The number of fused-ring (bicyclic) bond motifs is 1. The Kier molecular flexibility index (Phi) is 5.52. The van der Waals surface area contributed by atoms with Gasteiger partial charge in [-0.3, -0.25) is 4.90 Å². The van der Waals surface area contributed by atoms with Crippen LogP contribution in [0.15, 0.2) is 59.7 Å². The van der Waals surface area contributed by atoms with Crippen LogP contribution in [0.3, 0.4) is 0 Å². The maximum Gasteiger partial charge on any atom is 0.376 e. The van der Waals surface area contributed by atoms with Crippen molar-refractivity contribution in [2.75, 3.05) is 31.8 Å². The van der Waals surface area contributed by atoms with Crippen LogP contribution in [0.25, 0.3) is 0 Å². The molecule has 0 saturated carbocycles. The molecular weight excluding hydrogens is 376 g/mol. The average Bonchev–Trinajstić information content (AvgIpc) is 2.96. The summed E-state index contributed by atoms with van der Waals surface area (Å²) in [6.07, 6.45) is 0.799. The Morgan fingerprint density at radius 3 is 2.50 bits per heavy atom. The number of aryl methyl sites for hydroxylation is 1. The second kappa shape index (κ2) is 8.11. The lowest BCUT2D eigenvalue weighted by Gasteiger charge is -2.42. The largest absolute Gasteiger partial charge is 0.460 e. The Bertz CT molecular complexity index is 928. The molecule has 1 fully saturated rings. The molecule has 0 aromatic heterocycles. The van der Waals surface area contributed by atoms with Crippen LogP contribution >= 0.6 is 0 Å². The van der Waals surface area contributed by atoms with E-state index in [1.165, 1.54) is 11.1 Å². The molecular formula is C24H30N4O2. The van der Waals surface area contributed by atoms with E-state index in [1.54, 1.807) is 0 Å². The van der Waals surface area contributed by atoms with Crippen LogP contribution in [-0.2, 0) is 9.53 Å². The van der Waals surface area contributed by atoms with E-state index < -0.39 is 5.66 Å². The molecule has 158 valence electrons. The third kappa shape index (κ3) is 3.56. The van der Waals surface area contributed by atoms with Crippen LogP contribution in [0.1, 0.15) is 37.4 Å². The number of benzene rings is 2. The van der Waals surface area contributed by atoms with Crippen molar-refractivity contribution in [3.8, 4) is 0 Å². The van der Waals surface area contributed by atoms with Gasteiger partial charge in [0.15, 0.2) is 0 Å². The standard InChI is InChI=1S/C24H30N4O2/c1-5-30-23(29)22-25-28(20-13-11-18(2)12-14-20)24(3)17-21(19-9-7-6-8-10-19)26(4)15-16-27(22)24/h6-14,21H,5,15-17H2,1-4H3/t21?,24-/m0/s1. The molecule has 0 aliphatic carbocycles. The van der Waals surface area contributed by atoms with Gasteiger partial charge in [-0.1, -0.05) is 48.0 Å². The maximum absolute atomic E-state index is 12.8. The number of hydrazone groups is 1. The topological polar surface area (TPSA) is 48.4 Å². The first kappa shape index (κ1) is 20.4. The summed E-state index contributed by atoms with van der Waals surface area (Å²) in [5.41, 5.74) is 2.96. The Labute approximate surface area is 178 Å². The van der Waals surface area contributed by atoms with Crippen LogP contribution in [0, 0.1) is 6.92 Å². The smallest absolute Gasteiger partial charge is 0.376 e. The van der Waals surface area contributed by atoms with Crippen LogP contribution in [0.5, 0.6) is 0 Å². The molecule has 4 rings (SSSR count). The second-order valence-corrected chi connectivity index (χ2v) is 8.27. The van der Waals surface area contributed by atoms with Crippen LogP contribution in [0.2, 0.25) is 0 Å². The zero-order chi connectivity index (χ0) is 21.3. The summed E-state index contributed by atoms with van der Waals surface area (Å²) in [6, 6.07) is 19.1. The van der Waals surface area contributed by atoms with Gasteiger partial charge in [-0.05, 0) is 45.5 Å². The van der Waals surface area contributed by atoms with Gasteiger partial charge < -0.3 is 9.64 Å². The number of nitrogens with zero attached hydrogens (tertiary/aromatic N) is 4. The highest BCUT2D eigenvalue weighted by molar-refractivity contribution is 6.36. The molecule has 30 heavy (non-hydrogen) atoms. The first-order valence-electron chi connectivity index (χ1n) is 10.6. The zero-order valence-corrected chi connectivity index (χ0v) is 18.2. The predicted octanol–water partition coefficient (Wildman–Crippen LogP) is 3.79. The molecule has 6 heteroatoms. The second-order valence-electron chi connectivity index (χ2n) is 8.27. The molecule has 0 amide bonds. The number of ether oxygens (including phenoxy) is 1. The Morgan fingerprint density at radius 2 is 1.83 bits per heavy atom. The number of hydrogen-bond acceptors (Lipinski definition) is 6. The molecule has 2 aliphatic rings. The normalized spacial score (nSPS) is 24.3. The molecule has 0 radical (unpaired) electrons. The van der Waals surface area contributed by atoms with E-state index in [9.17, 15) is 4.79 Å². The molecule has 2 heterocycles. The molecule has 1 unspecified atom stereocenters. The number of likely N-dealkylation sites (N-methyl/N-ethyl adjacent to an activating group) is 1. The summed E-state index contributed by atoms with van der Waals surface area (Å²) < 4.78 is 5.35. The van der Waals surface area contributed by atoms with Gasteiger partial charge in [-0.2, -0.15) is 0 Å². The molecule has 6 nitrogen and oxygen atoms in total. The van der Waals surface area contributed by atoms with Crippen molar-refractivity contribution in [3.63, 3.8) is 0 Å². The van der Waals surface area contributed by atoms with Gasteiger partial charge >= 0.3 is 5.97 Å². The van der Waals surface area contributed by atoms with E-state index in [4.69, 9.17) is 9.84 Å². The van der Waals surface area contributed by atoms with E-state index in [-0.39, 0.29) is 12.0 Å². The predicted molar refractivity (Wildman–Crippen MR) is 119 cm³/mol. The number of carbonyl (C=O) groups is 1. The van der Waals surface area contributed by atoms with E-state index >= 15 is 0 Å². The summed E-state index contributed by atoms with van der Waals surface area (Å²) in [5, 5.41) is 6.81. The van der Waals surface area contributed by atoms with E-state index in [0.717, 1.165) is 18.7 Å². The molecule has 2 aromatic rings. The molecule has 2 aliphatic heterocycles. The van der Waals surface area contributed by atoms with Crippen LogP contribution in [-0.4, -0.2) is 54.0 Å². The minimum absolute atomic E-state index is 0.214. The molecule has 1 saturated heterocycles. The minimum atomic E-state index is -0.484. The van der Waals surface area contributed by atoms with E-state index in [0.29, 0.717) is 19.0 Å². The number of hydrogen-bond donors (Lipinski definition) is 0. The van der Waals surface area contributed by atoms with E-state index in [2.05, 4.69) is 79.2 Å². The highest BCUT2D eigenvalue weighted by atomic mass is 16.5. The summed E-state index contributed by atoms with van der Waals surface area (Å²) in [6.45, 7) is 7.94. The monoisotopic (exact) mass is 406 g/mol. The third-order valence-electron chi connectivity index (χ3n) is 6.20. The first-order valence-corrected chi connectivity index (χ1v) is 10.6.